The lowest BCUT2D eigenvalue weighted by molar-refractivity contribution is -0.125. The van der Waals surface area contributed by atoms with Crippen LogP contribution < -0.4 is 5.43 Å². The van der Waals surface area contributed by atoms with Crippen LogP contribution in [0, 0.1) is 0 Å². The smallest absolute Gasteiger partial charge is 0.270 e. The number of rotatable bonds is 4. The summed E-state index contributed by atoms with van der Waals surface area (Å²) < 4.78 is 26.5. The third kappa shape index (κ3) is 4.23. The molecule has 0 aromatic heterocycles. The highest BCUT2D eigenvalue weighted by Crippen LogP contribution is 2.14. The molecular weight excluding hydrogens is 344 g/mol. The molecular formula is C16H20N4O4S. The topological polar surface area (TPSA) is 99.2 Å². The van der Waals surface area contributed by atoms with Crippen LogP contribution in [-0.2, 0) is 25.4 Å². The Labute approximate surface area is 146 Å². The lowest BCUT2D eigenvalue weighted by Crippen LogP contribution is -2.52. The molecule has 1 N–H and O–H groups in total. The van der Waals surface area contributed by atoms with Gasteiger partial charge in [0.25, 0.3) is 5.91 Å². The maximum absolute atomic E-state index is 12.5. The number of sulfonamides is 1. The monoisotopic (exact) mass is 364 g/mol. The molecule has 0 spiro atoms. The Hall–Kier alpha value is -2.26. The molecule has 1 aromatic rings. The fourth-order valence-corrected chi connectivity index (χ4v) is 4.37. The first-order valence-electron chi connectivity index (χ1n) is 8.12. The van der Waals surface area contributed by atoms with Crippen LogP contribution in [0.1, 0.15) is 18.4 Å². The Bertz CT molecular complexity index is 784. The highest BCUT2D eigenvalue weighted by atomic mass is 32.2. The van der Waals surface area contributed by atoms with Gasteiger partial charge in [0, 0.05) is 39.0 Å². The highest BCUT2D eigenvalue weighted by Gasteiger charge is 2.31. The number of nitrogens with zero attached hydrogens (tertiary/aromatic N) is 3. The van der Waals surface area contributed by atoms with E-state index in [0.29, 0.717) is 25.2 Å². The van der Waals surface area contributed by atoms with E-state index in [2.05, 4.69) is 10.5 Å². The molecule has 3 rings (SSSR count). The second-order valence-electron chi connectivity index (χ2n) is 6.03. The third-order valence-electron chi connectivity index (χ3n) is 4.26. The number of carbonyl (C=O) groups excluding carboxylic acids is 2. The van der Waals surface area contributed by atoms with E-state index in [4.69, 9.17) is 0 Å². The number of benzene rings is 1. The summed E-state index contributed by atoms with van der Waals surface area (Å²) in [5.41, 5.74) is 3.37. The summed E-state index contributed by atoms with van der Waals surface area (Å²) in [4.78, 5) is 25.1. The molecule has 2 aliphatic rings. The van der Waals surface area contributed by atoms with Gasteiger partial charge in [-0.05, 0) is 5.56 Å². The summed E-state index contributed by atoms with van der Waals surface area (Å²) >= 11 is 0. The van der Waals surface area contributed by atoms with E-state index in [1.807, 2.05) is 18.2 Å². The van der Waals surface area contributed by atoms with Gasteiger partial charge >= 0.3 is 0 Å². The lowest BCUT2D eigenvalue weighted by Gasteiger charge is -2.34. The number of carbonyl (C=O) groups is 2. The van der Waals surface area contributed by atoms with Crippen LogP contribution in [0.25, 0.3) is 0 Å². The van der Waals surface area contributed by atoms with Crippen molar-refractivity contribution in [2.24, 2.45) is 5.10 Å². The van der Waals surface area contributed by atoms with Crippen LogP contribution in [-0.4, -0.2) is 61.3 Å². The van der Waals surface area contributed by atoms with Crippen molar-refractivity contribution >= 4 is 27.5 Å². The largest absolute Gasteiger partial charge is 0.335 e. The van der Waals surface area contributed by atoms with E-state index in [-0.39, 0.29) is 37.1 Å². The minimum atomic E-state index is -3.41. The van der Waals surface area contributed by atoms with E-state index in [1.165, 1.54) is 4.31 Å². The minimum Gasteiger partial charge on any atom is -0.335 e. The van der Waals surface area contributed by atoms with Gasteiger partial charge in [0.2, 0.25) is 15.9 Å². The van der Waals surface area contributed by atoms with Crippen molar-refractivity contribution in [3.05, 3.63) is 35.9 Å². The molecule has 1 aromatic carbocycles. The molecule has 0 aliphatic carbocycles. The van der Waals surface area contributed by atoms with E-state index in [9.17, 15) is 18.0 Å². The van der Waals surface area contributed by atoms with E-state index < -0.39 is 10.0 Å². The van der Waals surface area contributed by atoms with Crippen molar-refractivity contribution in [1.29, 1.82) is 0 Å². The average Bonchev–Trinajstić information content (AvgIpc) is 2.62. The second-order valence-corrected chi connectivity index (χ2v) is 8.00. The van der Waals surface area contributed by atoms with Crippen molar-refractivity contribution in [3.8, 4) is 0 Å². The first-order valence-corrected chi connectivity index (χ1v) is 9.73. The summed E-state index contributed by atoms with van der Waals surface area (Å²) in [6, 6.07) is 9.03. The molecule has 0 unspecified atom stereocenters. The van der Waals surface area contributed by atoms with Gasteiger partial charge < -0.3 is 4.90 Å². The van der Waals surface area contributed by atoms with Gasteiger partial charge in [0.15, 0.2) is 0 Å². The maximum atomic E-state index is 12.5. The zero-order chi connectivity index (χ0) is 17.9. The summed E-state index contributed by atoms with van der Waals surface area (Å²) in [5.74, 6) is -0.478. The summed E-state index contributed by atoms with van der Waals surface area (Å²) in [6.45, 7) is 1.17. The summed E-state index contributed by atoms with van der Waals surface area (Å²) in [5, 5.41) is 3.80. The van der Waals surface area contributed by atoms with Crippen LogP contribution in [0.2, 0.25) is 0 Å². The van der Waals surface area contributed by atoms with Crippen LogP contribution in [0.3, 0.4) is 0 Å². The quantitative estimate of drug-likeness (QED) is 0.808. The number of nitrogens with one attached hydrogen (secondary N) is 1. The van der Waals surface area contributed by atoms with E-state index in [1.54, 1.807) is 17.0 Å². The highest BCUT2D eigenvalue weighted by molar-refractivity contribution is 7.88. The molecule has 0 radical (unpaired) electrons. The first kappa shape index (κ1) is 17.6. The molecule has 2 aliphatic heterocycles. The number of piperazine rings is 1. The van der Waals surface area contributed by atoms with E-state index >= 15 is 0 Å². The van der Waals surface area contributed by atoms with Crippen molar-refractivity contribution in [1.82, 2.24) is 14.6 Å². The summed E-state index contributed by atoms with van der Waals surface area (Å²) in [7, 11) is -3.41. The van der Waals surface area contributed by atoms with Crippen LogP contribution >= 0.6 is 0 Å². The van der Waals surface area contributed by atoms with Crippen LogP contribution in [0.4, 0.5) is 0 Å². The zero-order valence-corrected chi connectivity index (χ0v) is 14.5. The Morgan fingerprint density at radius 1 is 1.08 bits per heavy atom. The number of hydrazone groups is 1. The van der Waals surface area contributed by atoms with E-state index in [0.717, 1.165) is 5.56 Å². The molecule has 25 heavy (non-hydrogen) atoms. The molecule has 2 heterocycles. The Morgan fingerprint density at radius 2 is 1.76 bits per heavy atom. The van der Waals surface area contributed by atoms with Crippen molar-refractivity contribution in [2.75, 3.05) is 26.2 Å². The van der Waals surface area contributed by atoms with Crippen LogP contribution in [0.5, 0.6) is 0 Å². The third-order valence-corrected chi connectivity index (χ3v) is 6.11. The molecule has 9 heteroatoms. The molecule has 0 bridgehead atoms. The Kier molecular flexibility index (Phi) is 5.14. The standard InChI is InChI=1S/C16H20N4O4S/c21-15-7-6-14(17-18-15)16(22)19-8-10-20(11-9-19)25(23,24)12-13-4-2-1-3-5-13/h1-5H,6-12H2,(H,18,21). The van der Waals surface area contributed by atoms with Crippen molar-refractivity contribution < 1.29 is 18.0 Å². The fraction of sp³-hybridized carbons (Fsp3) is 0.438. The minimum absolute atomic E-state index is 0.0411. The Balaban J connectivity index is 1.58. The van der Waals surface area contributed by atoms with Crippen LogP contribution in [0.15, 0.2) is 35.4 Å². The summed E-state index contributed by atoms with van der Waals surface area (Å²) in [6.07, 6.45) is 0.563. The SMILES string of the molecule is O=C1CCC(C(=O)N2CCN(S(=O)(=O)Cc3ccccc3)CC2)=NN1. The molecule has 2 amide bonds. The zero-order valence-electron chi connectivity index (χ0n) is 13.7. The molecule has 1 saturated heterocycles. The number of hydrogen-bond donors (Lipinski definition) is 1. The normalized spacial score (nSPS) is 19.3. The van der Waals surface area contributed by atoms with Gasteiger partial charge in [-0.2, -0.15) is 9.41 Å². The average molecular weight is 364 g/mol. The van der Waals surface area contributed by atoms with Gasteiger partial charge in [0.1, 0.15) is 5.71 Å². The molecule has 0 saturated carbocycles. The van der Waals surface area contributed by atoms with Crippen molar-refractivity contribution in [3.63, 3.8) is 0 Å². The van der Waals surface area contributed by atoms with Gasteiger partial charge in [-0.3, -0.25) is 9.59 Å². The van der Waals surface area contributed by atoms with Crippen molar-refractivity contribution in [2.45, 2.75) is 18.6 Å². The first-order chi connectivity index (χ1) is 12.0. The van der Waals surface area contributed by atoms with Gasteiger partial charge in [-0.25, -0.2) is 13.8 Å². The second kappa shape index (κ2) is 7.32. The molecule has 0 atom stereocenters. The maximum Gasteiger partial charge on any atom is 0.270 e. The van der Waals surface area contributed by atoms with Gasteiger partial charge in [-0.15, -0.1) is 0 Å². The number of amides is 2. The molecule has 1 fully saturated rings. The predicted octanol–water partition coefficient (Wildman–Crippen LogP) is -0.0734. The fourth-order valence-electron chi connectivity index (χ4n) is 2.86. The molecule has 134 valence electrons. The Morgan fingerprint density at radius 3 is 2.36 bits per heavy atom. The van der Waals surface area contributed by atoms with Gasteiger partial charge in [0.05, 0.1) is 5.75 Å². The number of hydrogen-bond acceptors (Lipinski definition) is 5. The predicted molar refractivity (Wildman–Crippen MR) is 92.0 cm³/mol. The molecule has 8 nitrogen and oxygen atoms in total. The lowest BCUT2D eigenvalue weighted by atomic mass is 10.1. The van der Waals surface area contributed by atoms with Gasteiger partial charge in [-0.1, -0.05) is 30.3 Å².